The molecule has 0 saturated heterocycles. The van der Waals surface area contributed by atoms with Crippen LogP contribution in [0.4, 0.5) is 10.5 Å². The Balaban J connectivity index is 1.76. The van der Waals surface area contributed by atoms with Crippen molar-refractivity contribution in [2.24, 2.45) is 0 Å². The van der Waals surface area contributed by atoms with E-state index < -0.39 is 0 Å². The molecule has 3 aromatic rings. The zero-order valence-electron chi connectivity index (χ0n) is 19.5. The zero-order valence-corrected chi connectivity index (χ0v) is 21.1. The minimum Gasteiger partial charge on any atom is -0.385 e. The Morgan fingerprint density at radius 1 is 1.03 bits per heavy atom. The summed E-state index contributed by atoms with van der Waals surface area (Å²) in [7, 11) is 1.62. The average Bonchev–Trinajstić information content (AvgIpc) is 3.23. The molecule has 0 spiro atoms. The van der Waals surface area contributed by atoms with E-state index in [1.54, 1.807) is 42.7 Å². The fraction of sp³-hybridized carbons (Fsp3) is 0.308. The van der Waals surface area contributed by atoms with Gasteiger partial charge < -0.3 is 19.9 Å². The fourth-order valence-electron chi connectivity index (χ4n) is 3.46. The van der Waals surface area contributed by atoms with E-state index in [1.807, 2.05) is 47.5 Å². The van der Waals surface area contributed by atoms with Crippen LogP contribution >= 0.6 is 22.9 Å². The summed E-state index contributed by atoms with van der Waals surface area (Å²) in [5, 5.41) is 5.41. The highest BCUT2D eigenvalue weighted by Crippen LogP contribution is 2.20. The first-order chi connectivity index (χ1) is 16.5. The van der Waals surface area contributed by atoms with Crippen LogP contribution in [0.1, 0.15) is 22.4 Å². The van der Waals surface area contributed by atoms with Gasteiger partial charge in [-0.1, -0.05) is 48.0 Å². The first-order valence-electron chi connectivity index (χ1n) is 11.1. The molecule has 0 unspecified atom stereocenters. The lowest BCUT2D eigenvalue weighted by molar-refractivity contribution is -0.133. The van der Waals surface area contributed by atoms with Gasteiger partial charge in [-0.25, -0.2) is 4.79 Å². The van der Waals surface area contributed by atoms with Gasteiger partial charge in [0.1, 0.15) is 6.54 Å². The molecule has 0 radical (unpaired) electrons. The second-order valence-corrected chi connectivity index (χ2v) is 9.41. The lowest BCUT2D eigenvalue weighted by Gasteiger charge is -2.28. The van der Waals surface area contributed by atoms with Crippen molar-refractivity contribution in [3.63, 3.8) is 0 Å². The molecule has 8 heteroatoms. The molecule has 1 N–H and O–H groups in total. The molecular weight excluding hydrogens is 470 g/mol. The van der Waals surface area contributed by atoms with Crippen LogP contribution in [0.5, 0.6) is 0 Å². The smallest absolute Gasteiger partial charge is 0.322 e. The first kappa shape index (κ1) is 25.7. The minimum absolute atomic E-state index is 0.0344. The van der Waals surface area contributed by atoms with Gasteiger partial charge in [-0.05, 0) is 54.1 Å². The number of ether oxygens (including phenoxy) is 1. The topological polar surface area (TPSA) is 61.9 Å². The van der Waals surface area contributed by atoms with E-state index in [2.05, 4.69) is 11.4 Å². The van der Waals surface area contributed by atoms with Crippen LogP contribution in [0, 0.1) is 6.92 Å². The Morgan fingerprint density at radius 2 is 1.82 bits per heavy atom. The molecular formula is C26H30ClN3O3S. The Kier molecular flexibility index (Phi) is 9.94. The van der Waals surface area contributed by atoms with Crippen molar-refractivity contribution in [1.29, 1.82) is 0 Å². The number of carbonyl (C=O) groups is 2. The molecule has 0 aliphatic heterocycles. The summed E-state index contributed by atoms with van der Waals surface area (Å²) < 4.78 is 5.15. The lowest BCUT2D eigenvalue weighted by atomic mass is 10.2. The molecule has 6 nitrogen and oxygen atoms in total. The van der Waals surface area contributed by atoms with Crippen LogP contribution in [0.25, 0.3) is 0 Å². The number of thiophene rings is 1. The van der Waals surface area contributed by atoms with Crippen LogP contribution in [0.15, 0.2) is 66.0 Å². The summed E-state index contributed by atoms with van der Waals surface area (Å²) in [4.78, 5) is 31.0. The Morgan fingerprint density at radius 3 is 2.50 bits per heavy atom. The number of carbonyl (C=O) groups excluding carboxylic acids is 2. The molecule has 1 aromatic heterocycles. The van der Waals surface area contributed by atoms with Gasteiger partial charge >= 0.3 is 6.03 Å². The van der Waals surface area contributed by atoms with Crippen LogP contribution in [-0.4, -0.2) is 48.5 Å². The quantitative estimate of drug-likeness (QED) is 0.339. The number of halogens is 1. The third-order valence-corrected chi connectivity index (χ3v) is 6.58. The molecule has 0 saturated carbocycles. The third-order valence-electron chi connectivity index (χ3n) is 5.34. The normalized spacial score (nSPS) is 10.7. The van der Waals surface area contributed by atoms with Gasteiger partial charge in [0.25, 0.3) is 0 Å². The highest BCUT2D eigenvalue weighted by Gasteiger charge is 2.22. The zero-order chi connectivity index (χ0) is 24.3. The Bertz CT molecular complexity index is 1070. The van der Waals surface area contributed by atoms with Crippen molar-refractivity contribution in [3.05, 3.63) is 87.1 Å². The van der Waals surface area contributed by atoms with Gasteiger partial charge in [0.2, 0.25) is 5.91 Å². The van der Waals surface area contributed by atoms with Crippen molar-refractivity contribution >= 4 is 40.6 Å². The predicted octanol–water partition coefficient (Wildman–Crippen LogP) is 5.81. The standard InChI is InChI=1S/C26H30ClN3O3S/c1-20-12-15-34-24(20)18-30(17-21-8-4-3-5-9-21)25(31)19-29(13-7-14-33-2)26(32)28-23-11-6-10-22(27)16-23/h3-6,8-12,15-16H,7,13-14,17-19H2,1-2H3,(H,28,32). The first-order valence-corrected chi connectivity index (χ1v) is 12.4. The van der Waals surface area contributed by atoms with Gasteiger partial charge in [0.15, 0.2) is 0 Å². The molecule has 1 heterocycles. The largest absolute Gasteiger partial charge is 0.385 e. The number of amides is 3. The van der Waals surface area contributed by atoms with Gasteiger partial charge in [-0.3, -0.25) is 4.79 Å². The van der Waals surface area contributed by atoms with Crippen molar-refractivity contribution in [3.8, 4) is 0 Å². The highest BCUT2D eigenvalue weighted by molar-refractivity contribution is 7.10. The van der Waals surface area contributed by atoms with E-state index in [1.165, 1.54) is 4.90 Å². The number of nitrogens with zero attached hydrogens (tertiary/aromatic N) is 2. The van der Waals surface area contributed by atoms with E-state index >= 15 is 0 Å². The minimum atomic E-state index is -0.348. The number of nitrogens with one attached hydrogen (secondary N) is 1. The number of hydrogen-bond acceptors (Lipinski definition) is 4. The number of methoxy groups -OCH3 is 1. The molecule has 180 valence electrons. The Hall–Kier alpha value is -2.87. The number of benzene rings is 2. The average molecular weight is 500 g/mol. The SMILES string of the molecule is COCCCN(CC(=O)N(Cc1ccccc1)Cc1sccc1C)C(=O)Nc1cccc(Cl)c1. The van der Waals surface area contributed by atoms with E-state index in [0.717, 1.165) is 16.0 Å². The second kappa shape index (κ2) is 13.1. The maximum Gasteiger partial charge on any atom is 0.322 e. The summed E-state index contributed by atoms with van der Waals surface area (Å²) in [6.45, 7) is 3.87. The molecule has 0 aliphatic rings. The molecule has 2 aromatic carbocycles. The molecule has 3 rings (SSSR count). The second-order valence-electron chi connectivity index (χ2n) is 7.97. The van der Waals surface area contributed by atoms with Crippen LogP contribution in [-0.2, 0) is 22.6 Å². The van der Waals surface area contributed by atoms with Crippen LogP contribution in [0.2, 0.25) is 5.02 Å². The molecule has 0 aliphatic carbocycles. The van der Waals surface area contributed by atoms with E-state index in [4.69, 9.17) is 16.3 Å². The number of hydrogen-bond donors (Lipinski definition) is 1. The van der Waals surface area contributed by atoms with E-state index in [9.17, 15) is 9.59 Å². The number of aryl methyl sites for hydroxylation is 1. The van der Waals surface area contributed by atoms with Gasteiger partial charge in [0, 0.05) is 42.4 Å². The molecule has 3 amide bonds. The van der Waals surface area contributed by atoms with Gasteiger partial charge in [-0.2, -0.15) is 0 Å². The summed E-state index contributed by atoms with van der Waals surface area (Å²) in [6, 6.07) is 18.5. The number of anilines is 1. The van der Waals surface area contributed by atoms with Gasteiger partial charge in [0.05, 0.1) is 6.54 Å². The van der Waals surface area contributed by atoms with E-state index in [-0.39, 0.29) is 18.5 Å². The van der Waals surface area contributed by atoms with Crippen LogP contribution in [0.3, 0.4) is 0 Å². The summed E-state index contributed by atoms with van der Waals surface area (Å²) in [5.74, 6) is -0.115. The summed E-state index contributed by atoms with van der Waals surface area (Å²) in [6.07, 6.45) is 0.620. The number of urea groups is 1. The number of rotatable bonds is 11. The Labute approximate surface area is 210 Å². The molecule has 0 atom stereocenters. The van der Waals surface area contributed by atoms with Crippen molar-refractivity contribution in [2.75, 3.05) is 32.1 Å². The maximum absolute atomic E-state index is 13.5. The van der Waals surface area contributed by atoms with Crippen LogP contribution < -0.4 is 5.32 Å². The van der Waals surface area contributed by atoms with E-state index in [0.29, 0.717) is 43.4 Å². The fourth-order valence-corrected chi connectivity index (χ4v) is 4.57. The molecule has 0 bridgehead atoms. The van der Waals surface area contributed by atoms with Crippen molar-refractivity contribution < 1.29 is 14.3 Å². The van der Waals surface area contributed by atoms with Crippen molar-refractivity contribution in [1.82, 2.24) is 9.80 Å². The van der Waals surface area contributed by atoms with Crippen molar-refractivity contribution in [2.45, 2.75) is 26.4 Å². The summed E-state index contributed by atoms with van der Waals surface area (Å²) >= 11 is 7.69. The van der Waals surface area contributed by atoms with Gasteiger partial charge in [-0.15, -0.1) is 11.3 Å². The lowest BCUT2D eigenvalue weighted by Crippen LogP contribution is -2.44. The monoisotopic (exact) mass is 499 g/mol. The molecule has 0 fully saturated rings. The molecule has 34 heavy (non-hydrogen) atoms. The summed E-state index contributed by atoms with van der Waals surface area (Å²) in [5.41, 5.74) is 2.78. The maximum atomic E-state index is 13.5. The predicted molar refractivity (Wildman–Crippen MR) is 138 cm³/mol. The highest BCUT2D eigenvalue weighted by atomic mass is 35.5. The third kappa shape index (κ3) is 7.87.